The van der Waals surface area contributed by atoms with Crippen LogP contribution in [0.3, 0.4) is 0 Å². The van der Waals surface area contributed by atoms with E-state index in [1.165, 1.54) is 0 Å². The van der Waals surface area contributed by atoms with Crippen LogP contribution in [0.25, 0.3) is 0 Å². The number of amides is 1. The Kier molecular flexibility index (Phi) is 11.7. The lowest BCUT2D eigenvalue weighted by Crippen LogP contribution is -2.33. The summed E-state index contributed by atoms with van der Waals surface area (Å²) in [5, 5.41) is 13.0. The van der Waals surface area contributed by atoms with Gasteiger partial charge in [0.1, 0.15) is 6.23 Å². The molecule has 1 unspecified atom stereocenters. The van der Waals surface area contributed by atoms with Gasteiger partial charge in [-0.05, 0) is 27.9 Å². The molecule has 0 aliphatic heterocycles. The summed E-state index contributed by atoms with van der Waals surface area (Å²) < 4.78 is 4.86. The predicted octanol–water partition coefficient (Wildman–Crippen LogP) is 0.472. The molecular weight excluding hydrogens is 160 g/mol. The number of nitrogens with one attached hydrogen (secondary N) is 2. The summed E-state index contributed by atoms with van der Waals surface area (Å²) in [7, 11) is 3.75. The highest BCUT2D eigenvalue weighted by Gasteiger charge is 2.01. The second-order valence-corrected chi connectivity index (χ2v) is 2.05. The standard InChI is InChI=1S/C5H11NO3.C2H7N/c1-3-9-4(2)6-5(7)8;1-3-2/h4,6H,3H2,1-2H3,(H,7,8);3H,1-2H3. The molecule has 12 heavy (non-hydrogen) atoms. The smallest absolute Gasteiger partial charge is 0.406 e. The Balaban J connectivity index is 0. The average Bonchev–Trinajstić information content (AvgIpc) is 1.87. The van der Waals surface area contributed by atoms with E-state index in [9.17, 15) is 4.79 Å². The summed E-state index contributed by atoms with van der Waals surface area (Å²) >= 11 is 0. The van der Waals surface area contributed by atoms with Gasteiger partial charge in [0.25, 0.3) is 0 Å². The molecule has 0 heterocycles. The molecule has 0 aliphatic rings. The van der Waals surface area contributed by atoms with Gasteiger partial charge in [0.15, 0.2) is 0 Å². The fraction of sp³-hybridized carbons (Fsp3) is 0.857. The first-order valence-corrected chi connectivity index (χ1v) is 3.78. The summed E-state index contributed by atoms with van der Waals surface area (Å²) in [6.07, 6.45) is -1.47. The van der Waals surface area contributed by atoms with Crippen molar-refractivity contribution < 1.29 is 14.6 Å². The van der Waals surface area contributed by atoms with Crippen LogP contribution < -0.4 is 10.6 Å². The van der Waals surface area contributed by atoms with Gasteiger partial charge in [0, 0.05) is 6.61 Å². The topological polar surface area (TPSA) is 70.6 Å². The Morgan fingerprint density at radius 3 is 2.25 bits per heavy atom. The molecule has 0 radical (unpaired) electrons. The molecule has 0 saturated heterocycles. The van der Waals surface area contributed by atoms with Crippen LogP contribution in [-0.4, -0.2) is 38.1 Å². The molecule has 74 valence electrons. The molecule has 5 heteroatoms. The molecule has 0 rings (SSSR count). The van der Waals surface area contributed by atoms with Gasteiger partial charge < -0.3 is 15.2 Å². The maximum atomic E-state index is 9.89. The van der Waals surface area contributed by atoms with Gasteiger partial charge in [-0.3, -0.25) is 5.32 Å². The highest BCUT2D eigenvalue weighted by molar-refractivity contribution is 5.64. The number of hydrogen-bond acceptors (Lipinski definition) is 3. The molecule has 1 atom stereocenters. The van der Waals surface area contributed by atoms with Crippen molar-refractivity contribution in [1.82, 2.24) is 10.6 Å². The fourth-order valence-electron chi connectivity index (χ4n) is 0.466. The van der Waals surface area contributed by atoms with Crippen molar-refractivity contribution in [3.05, 3.63) is 0 Å². The number of rotatable bonds is 3. The van der Waals surface area contributed by atoms with E-state index in [4.69, 9.17) is 9.84 Å². The SMILES string of the molecule is CCOC(C)NC(=O)O.CNC. The molecule has 0 bridgehead atoms. The van der Waals surface area contributed by atoms with E-state index < -0.39 is 12.3 Å². The molecule has 3 N–H and O–H groups in total. The summed E-state index contributed by atoms with van der Waals surface area (Å²) in [4.78, 5) is 9.89. The number of hydrogen-bond donors (Lipinski definition) is 3. The third-order valence-corrected chi connectivity index (χ3v) is 0.743. The van der Waals surface area contributed by atoms with Gasteiger partial charge in [-0.2, -0.15) is 0 Å². The van der Waals surface area contributed by atoms with Gasteiger partial charge in [-0.1, -0.05) is 0 Å². The number of ether oxygens (including phenoxy) is 1. The Hall–Kier alpha value is -0.810. The highest BCUT2D eigenvalue weighted by atomic mass is 16.5. The number of carbonyl (C=O) groups is 1. The van der Waals surface area contributed by atoms with Gasteiger partial charge in [0.2, 0.25) is 0 Å². The van der Waals surface area contributed by atoms with Crippen molar-refractivity contribution in [2.75, 3.05) is 20.7 Å². The van der Waals surface area contributed by atoms with Gasteiger partial charge in [0.05, 0.1) is 0 Å². The first kappa shape index (κ1) is 13.8. The Morgan fingerprint density at radius 1 is 1.58 bits per heavy atom. The predicted molar refractivity (Wildman–Crippen MR) is 47.2 cm³/mol. The Bertz CT molecular complexity index is 109. The molecule has 0 aliphatic carbocycles. The minimum Gasteiger partial charge on any atom is -0.465 e. The lowest BCUT2D eigenvalue weighted by atomic mass is 10.6. The zero-order valence-corrected chi connectivity index (χ0v) is 8.05. The zero-order chi connectivity index (χ0) is 9.98. The van der Waals surface area contributed by atoms with Crippen LogP contribution in [0.4, 0.5) is 4.79 Å². The molecule has 0 saturated carbocycles. The second kappa shape index (κ2) is 10.2. The maximum absolute atomic E-state index is 9.89. The third kappa shape index (κ3) is 16.1. The average molecular weight is 178 g/mol. The second-order valence-electron chi connectivity index (χ2n) is 2.05. The van der Waals surface area contributed by atoms with Gasteiger partial charge >= 0.3 is 6.09 Å². The van der Waals surface area contributed by atoms with Gasteiger partial charge in [-0.15, -0.1) is 0 Å². The van der Waals surface area contributed by atoms with Crippen molar-refractivity contribution in [3.63, 3.8) is 0 Å². The van der Waals surface area contributed by atoms with Crippen LogP contribution in [0, 0.1) is 0 Å². The molecule has 0 aromatic carbocycles. The Morgan fingerprint density at radius 2 is 2.00 bits per heavy atom. The normalized spacial score (nSPS) is 11.0. The van der Waals surface area contributed by atoms with E-state index in [1.807, 2.05) is 14.1 Å². The molecular formula is C7H18N2O3. The quantitative estimate of drug-likeness (QED) is 0.549. The van der Waals surface area contributed by atoms with E-state index in [1.54, 1.807) is 13.8 Å². The zero-order valence-electron chi connectivity index (χ0n) is 8.05. The first-order valence-electron chi connectivity index (χ1n) is 3.78. The van der Waals surface area contributed by atoms with Crippen molar-refractivity contribution >= 4 is 6.09 Å². The van der Waals surface area contributed by atoms with Crippen molar-refractivity contribution in [2.45, 2.75) is 20.1 Å². The van der Waals surface area contributed by atoms with E-state index in [0.717, 1.165) is 0 Å². The van der Waals surface area contributed by atoms with E-state index >= 15 is 0 Å². The van der Waals surface area contributed by atoms with Crippen molar-refractivity contribution in [2.24, 2.45) is 0 Å². The molecule has 1 amide bonds. The monoisotopic (exact) mass is 178 g/mol. The van der Waals surface area contributed by atoms with Crippen molar-refractivity contribution in [3.8, 4) is 0 Å². The summed E-state index contributed by atoms with van der Waals surface area (Å²) in [5.41, 5.74) is 0. The van der Waals surface area contributed by atoms with Crippen LogP contribution in [0.1, 0.15) is 13.8 Å². The summed E-state index contributed by atoms with van der Waals surface area (Å²) in [5.74, 6) is 0. The van der Waals surface area contributed by atoms with Gasteiger partial charge in [-0.25, -0.2) is 4.79 Å². The van der Waals surface area contributed by atoms with E-state index in [2.05, 4.69) is 10.6 Å². The maximum Gasteiger partial charge on any atom is 0.406 e. The lowest BCUT2D eigenvalue weighted by molar-refractivity contribution is 0.0522. The molecule has 0 spiro atoms. The van der Waals surface area contributed by atoms with Crippen LogP contribution in [0.2, 0.25) is 0 Å². The first-order chi connectivity index (χ1) is 5.58. The molecule has 0 aromatic rings. The summed E-state index contributed by atoms with van der Waals surface area (Å²) in [6, 6.07) is 0. The molecule has 0 aromatic heterocycles. The molecule has 0 fully saturated rings. The van der Waals surface area contributed by atoms with Crippen LogP contribution >= 0.6 is 0 Å². The largest absolute Gasteiger partial charge is 0.465 e. The van der Waals surface area contributed by atoms with Crippen molar-refractivity contribution in [1.29, 1.82) is 0 Å². The number of carboxylic acid groups (broad SMARTS) is 1. The fourth-order valence-corrected chi connectivity index (χ4v) is 0.466. The van der Waals surface area contributed by atoms with E-state index in [-0.39, 0.29) is 0 Å². The minimum absolute atomic E-state index is 0.410. The van der Waals surface area contributed by atoms with Crippen LogP contribution in [0.15, 0.2) is 0 Å². The molecule has 5 nitrogen and oxygen atoms in total. The third-order valence-electron chi connectivity index (χ3n) is 0.743. The lowest BCUT2D eigenvalue weighted by Gasteiger charge is -2.09. The van der Waals surface area contributed by atoms with E-state index in [0.29, 0.717) is 6.61 Å². The highest BCUT2D eigenvalue weighted by Crippen LogP contribution is 1.82. The van der Waals surface area contributed by atoms with Crippen LogP contribution in [0.5, 0.6) is 0 Å². The minimum atomic E-state index is -1.06. The van der Waals surface area contributed by atoms with Crippen LogP contribution in [-0.2, 0) is 4.74 Å². The Labute approximate surface area is 73.1 Å². The summed E-state index contributed by atoms with van der Waals surface area (Å²) in [6.45, 7) is 3.96.